The molecule has 5 nitrogen and oxygen atoms in total. The molecule has 0 unspecified atom stereocenters. The number of benzene rings is 1. The van der Waals surface area contributed by atoms with Gasteiger partial charge in [0.05, 0.1) is 17.6 Å². The largest absolute Gasteiger partial charge is 0.372 e. The molecule has 0 amide bonds. The van der Waals surface area contributed by atoms with Crippen LogP contribution < -0.4 is 10.6 Å². The maximum Gasteiger partial charge on any atom is 0.0730 e. The summed E-state index contributed by atoms with van der Waals surface area (Å²) < 4.78 is 1.87. The molecule has 0 atom stereocenters. The molecule has 1 aliphatic rings. The number of piperidine rings is 1. The second kappa shape index (κ2) is 6.26. The van der Waals surface area contributed by atoms with Crippen LogP contribution in [-0.4, -0.2) is 34.6 Å². The third-order valence-electron chi connectivity index (χ3n) is 4.26. The van der Waals surface area contributed by atoms with Crippen molar-refractivity contribution in [1.82, 2.24) is 15.0 Å². The Morgan fingerprint density at radius 1 is 1.14 bits per heavy atom. The van der Waals surface area contributed by atoms with E-state index in [0.717, 1.165) is 36.8 Å². The first-order valence-electron chi connectivity index (χ1n) is 7.73. The highest BCUT2D eigenvalue weighted by atomic mass is 15.4. The molecular formula is C16H23N5. The molecular weight excluding hydrogens is 262 g/mol. The molecule has 1 fully saturated rings. The number of nitrogens with zero attached hydrogens (tertiary/aromatic N) is 4. The van der Waals surface area contributed by atoms with E-state index in [1.54, 1.807) is 6.20 Å². The first-order valence-corrected chi connectivity index (χ1v) is 7.73. The number of anilines is 1. The van der Waals surface area contributed by atoms with Gasteiger partial charge in [-0.15, -0.1) is 5.10 Å². The van der Waals surface area contributed by atoms with Crippen molar-refractivity contribution in [2.45, 2.75) is 26.2 Å². The van der Waals surface area contributed by atoms with E-state index in [-0.39, 0.29) is 0 Å². The van der Waals surface area contributed by atoms with Gasteiger partial charge < -0.3 is 10.6 Å². The molecule has 0 aliphatic carbocycles. The minimum Gasteiger partial charge on any atom is -0.372 e. The molecule has 0 spiro atoms. The lowest BCUT2D eigenvalue weighted by molar-refractivity contribution is 0.438. The van der Waals surface area contributed by atoms with Crippen molar-refractivity contribution in [3.63, 3.8) is 0 Å². The molecule has 21 heavy (non-hydrogen) atoms. The zero-order valence-corrected chi connectivity index (χ0v) is 12.6. The van der Waals surface area contributed by atoms with Gasteiger partial charge in [-0.25, -0.2) is 4.68 Å². The third kappa shape index (κ3) is 3.08. The van der Waals surface area contributed by atoms with Crippen LogP contribution in [-0.2, 0) is 6.42 Å². The van der Waals surface area contributed by atoms with Crippen LogP contribution in [0.1, 0.15) is 25.5 Å². The van der Waals surface area contributed by atoms with E-state index in [2.05, 4.69) is 46.4 Å². The Balaban J connectivity index is 1.76. The third-order valence-corrected chi connectivity index (χ3v) is 4.26. The lowest BCUT2D eigenvalue weighted by Crippen LogP contribution is -2.32. The van der Waals surface area contributed by atoms with Crippen molar-refractivity contribution in [3.8, 4) is 5.69 Å². The standard InChI is InChI=1S/C16H23N5/c1-13-7-10-20(11-8-13)14-2-4-15(5-3-14)21-16(6-9-17)12-18-19-21/h2-5,12-13H,6-11,17H2,1H3. The van der Waals surface area contributed by atoms with E-state index in [1.165, 1.54) is 18.5 Å². The van der Waals surface area contributed by atoms with Gasteiger partial charge in [0.15, 0.2) is 0 Å². The van der Waals surface area contributed by atoms with Gasteiger partial charge in [-0.3, -0.25) is 0 Å². The van der Waals surface area contributed by atoms with Crippen molar-refractivity contribution in [2.24, 2.45) is 11.7 Å². The van der Waals surface area contributed by atoms with Gasteiger partial charge in [-0.1, -0.05) is 12.1 Å². The number of hydrogen-bond acceptors (Lipinski definition) is 4. The van der Waals surface area contributed by atoms with Gasteiger partial charge in [0, 0.05) is 25.2 Å². The molecule has 1 aromatic heterocycles. The average molecular weight is 285 g/mol. The topological polar surface area (TPSA) is 60.0 Å². The van der Waals surface area contributed by atoms with E-state index in [1.807, 2.05) is 4.68 Å². The fourth-order valence-corrected chi connectivity index (χ4v) is 2.86. The lowest BCUT2D eigenvalue weighted by Gasteiger charge is -2.32. The van der Waals surface area contributed by atoms with E-state index < -0.39 is 0 Å². The highest BCUT2D eigenvalue weighted by Gasteiger charge is 2.16. The summed E-state index contributed by atoms with van der Waals surface area (Å²) in [4.78, 5) is 2.46. The Morgan fingerprint density at radius 2 is 1.81 bits per heavy atom. The Kier molecular flexibility index (Phi) is 4.20. The predicted octanol–water partition coefficient (Wildman–Crippen LogP) is 2.00. The zero-order chi connectivity index (χ0) is 14.7. The number of nitrogens with two attached hydrogens (primary N) is 1. The van der Waals surface area contributed by atoms with Crippen molar-refractivity contribution < 1.29 is 0 Å². The molecule has 5 heteroatoms. The molecule has 3 rings (SSSR count). The summed E-state index contributed by atoms with van der Waals surface area (Å²) in [6.45, 7) is 5.26. The van der Waals surface area contributed by atoms with Gasteiger partial charge >= 0.3 is 0 Å². The van der Waals surface area contributed by atoms with Crippen LogP contribution in [0.5, 0.6) is 0 Å². The van der Waals surface area contributed by atoms with Crippen molar-refractivity contribution >= 4 is 5.69 Å². The lowest BCUT2D eigenvalue weighted by atomic mass is 9.99. The molecule has 0 radical (unpaired) electrons. The first kappa shape index (κ1) is 14.1. The first-order chi connectivity index (χ1) is 10.3. The molecule has 1 saturated heterocycles. The highest BCUT2D eigenvalue weighted by Crippen LogP contribution is 2.24. The van der Waals surface area contributed by atoms with Gasteiger partial charge in [-0.2, -0.15) is 0 Å². The van der Waals surface area contributed by atoms with Crippen LogP contribution in [0.2, 0.25) is 0 Å². The zero-order valence-electron chi connectivity index (χ0n) is 12.6. The summed E-state index contributed by atoms with van der Waals surface area (Å²) in [7, 11) is 0. The average Bonchev–Trinajstić information content (AvgIpc) is 2.97. The maximum absolute atomic E-state index is 5.62. The Bertz CT molecular complexity index is 567. The second-order valence-electron chi connectivity index (χ2n) is 5.86. The van der Waals surface area contributed by atoms with Gasteiger partial charge in [0.25, 0.3) is 0 Å². The monoisotopic (exact) mass is 285 g/mol. The van der Waals surface area contributed by atoms with Crippen LogP contribution in [0, 0.1) is 5.92 Å². The highest BCUT2D eigenvalue weighted by molar-refractivity contribution is 5.51. The molecule has 0 saturated carbocycles. The molecule has 0 bridgehead atoms. The number of aromatic nitrogens is 3. The second-order valence-corrected chi connectivity index (χ2v) is 5.86. The van der Waals surface area contributed by atoms with Crippen molar-refractivity contribution in [2.75, 3.05) is 24.5 Å². The van der Waals surface area contributed by atoms with Crippen LogP contribution in [0.15, 0.2) is 30.5 Å². The molecule has 2 N–H and O–H groups in total. The van der Waals surface area contributed by atoms with E-state index >= 15 is 0 Å². The fourth-order valence-electron chi connectivity index (χ4n) is 2.86. The minimum atomic E-state index is 0.609. The normalized spacial score (nSPS) is 16.4. The van der Waals surface area contributed by atoms with Crippen LogP contribution in [0.3, 0.4) is 0 Å². The predicted molar refractivity (Wildman–Crippen MR) is 84.7 cm³/mol. The smallest absolute Gasteiger partial charge is 0.0730 e. The van der Waals surface area contributed by atoms with Crippen molar-refractivity contribution in [1.29, 1.82) is 0 Å². The van der Waals surface area contributed by atoms with E-state index in [4.69, 9.17) is 5.73 Å². The summed E-state index contributed by atoms with van der Waals surface area (Å²) in [5, 5.41) is 8.14. The SMILES string of the molecule is CC1CCN(c2ccc(-n3nncc3CCN)cc2)CC1. The molecule has 2 heterocycles. The van der Waals surface area contributed by atoms with Crippen LogP contribution in [0.4, 0.5) is 5.69 Å². The Morgan fingerprint density at radius 3 is 2.48 bits per heavy atom. The van der Waals surface area contributed by atoms with Crippen LogP contribution in [0.25, 0.3) is 5.69 Å². The fraction of sp³-hybridized carbons (Fsp3) is 0.500. The molecule has 112 valence electrons. The Hall–Kier alpha value is -1.88. The van der Waals surface area contributed by atoms with Crippen LogP contribution >= 0.6 is 0 Å². The van der Waals surface area contributed by atoms with Crippen molar-refractivity contribution in [3.05, 3.63) is 36.2 Å². The van der Waals surface area contributed by atoms with Gasteiger partial charge in [0.2, 0.25) is 0 Å². The quantitative estimate of drug-likeness (QED) is 0.933. The van der Waals surface area contributed by atoms with E-state index in [0.29, 0.717) is 6.54 Å². The molecule has 1 aliphatic heterocycles. The summed E-state index contributed by atoms with van der Waals surface area (Å²) in [5.74, 6) is 0.856. The summed E-state index contributed by atoms with van der Waals surface area (Å²) in [6.07, 6.45) is 5.14. The number of rotatable bonds is 4. The molecule has 1 aromatic carbocycles. The molecule has 2 aromatic rings. The van der Waals surface area contributed by atoms with Gasteiger partial charge in [-0.05, 0) is 49.6 Å². The summed E-state index contributed by atoms with van der Waals surface area (Å²) in [5.41, 5.74) is 9.02. The maximum atomic E-state index is 5.62. The Labute approximate surface area is 125 Å². The van der Waals surface area contributed by atoms with E-state index in [9.17, 15) is 0 Å². The summed E-state index contributed by atoms with van der Waals surface area (Å²) >= 11 is 0. The van der Waals surface area contributed by atoms with Gasteiger partial charge in [0.1, 0.15) is 0 Å². The number of hydrogen-bond donors (Lipinski definition) is 1. The summed E-state index contributed by atoms with van der Waals surface area (Å²) in [6, 6.07) is 8.59. The minimum absolute atomic E-state index is 0.609.